The van der Waals surface area contributed by atoms with Crippen molar-refractivity contribution in [1.82, 2.24) is 9.55 Å². The van der Waals surface area contributed by atoms with E-state index in [1.807, 2.05) is 17.8 Å². The molecule has 0 aliphatic rings. The van der Waals surface area contributed by atoms with E-state index in [1.165, 1.54) is 0 Å². The molecule has 4 heteroatoms. The Hall–Kier alpha value is -1.03. The Bertz CT molecular complexity index is 247. The van der Waals surface area contributed by atoms with Crippen LogP contribution in [0.2, 0.25) is 0 Å². The Balaban J connectivity index is 2.02. The lowest BCUT2D eigenvalue weighted by Gasteiger charge is -2.05. The topological polar surface area (TPSA) is 50.1 Å². The number of hydrogen-bond acceptors (Lipinski definition) is 3. The van der Waals surface area contributed by atoms with Gasteiger partial charge in [0.05, 0.1) is 0 Å². The predicted octanol–water partition coefficient (Wildman–Crippen LogP) is 1.38. The largest absolute Gasteiger partial charge is 0.396 e. The summed E-state index contributed by atoms with van der Waals surface area (Å²) < 4.78 is 1.97. The Morgan fingerprint density at radius 2 is 2.14 bits per heavy atom. The lowest BCUT2D eigenvalue weighted by atomic mass is 10.2. The van der Waals surface area contributed by atoms with Crippen molar-refractivity contribution in [3.05, 3.63) is 12.4 Å². The van der Waals surface area contributed by atoms with Crippen molar-refractivity contribution >= 4 is 5.95 Å². The van der Waals surface area contributed by atoms with Crippen LogP contribution in [-0.4, -0.2) is 27.8 Å². The van der Waals surface area contributed by atoms with Crippen LogP contribution in [-0.2, 0) is 7.05 Å². The molecule has 1 heterocycles. The fraction of sp³-hybridized carbons (Fsp3) is 0.700. The van der Waals surface area contributed by atoms with Crippen molar-refractivity contribution in [2.45, 2.75) is 25.7 Å². The molecule has 0 amide bonds. The summed E-state index contributed by atoms with van der Waals surface area (Å²) in [6, 6.07) is 0. The highest BCUT2D eigenvalue weighted by Crippen LogP contribution is 2.03. The molecule has 0 aliphatic heterocycles. The van der Waals surface area contributed by atoms with E-state index >= 15 is 0 Å². The minimum Gasteiger partial charge on any atom is -0.396 e. The first-order valence-electron chi connectivity index (χ1n) is 5.16. The van der Waals surface area contributed by atoms with E-state index in [1.54, 1.807) is 6.20 Å². The van der Waals surface area contributed by atoms with Gasteiger partial charge < -0.3 is 15.0 Å². The SMILES string of the molecule is Cn1ccnc1NCCCCCCO. The zero-order valence-electron chi connectivity index (χ0n) is 8.74. The summed E-state index contributed by atoms with van der Waals surface area (Å²) in [5.41, 5.74) is 0. The number of rotatable bonds is 7. The Labute approximate surface area is 85.0 Å². The van der Waals surface area contributed by atoms with Crippen molar-refractivity contribution in [1.29, 1.82) is 0 Å². The van der Waals surface area contributed by atoms with Crippen LogP contribution in [0.25, 0.3) is 0 Å². The van der Waals surface area contributed by atoms with E-state index in [0.29, 0.717) is 6.61 Å². The van der Waals surface area contributed by atoms with Gasteiger partial charge in [-0.3, -0.25) is 0 Å². The van der Waals surface area contributed by atoms with Crippen molar-refractivity contribution in [3.8, 4) is 0 Å². The second kappa shape index (κ2) is 6.43. The summed E-state index contributed by atoms with van der Waals surface area (Å²) in [4.78, 5) is 4.16. The molecule has 0 atom stereocenters. The zero-order valence-corrected chi connectivity index (χ0v) is 8.74. The number of hydrogen-bond donors (Lipinski definition) is 2. The molecule has 0 aromatic carbocycles. The van der Waals surface area contributed by atoms with Gasteiger partial charge >= 0.3 is 0 Å². The average Bonchev–Trinajstić information content (AvgIpc) is 2.58. The molecule has 1 aromatic heterocycles. The van der Waals surface area contributed by atoms with Gasteiger partial charge in [0.2, 0.25) is 5.95 Å². The maximum absolute atomic E-state index is 8.58. The van der Waals surface area contributed by atoms with E-state index < -0.39 is 0 Å². The fourth-order valence-corrected chi connectivity index (χ4v) is 1.33. The van der Waals surface area contributed by atoms with Gasteiger partial charge in [0.1, 0.15) is 0 Å². The third kappa shape index (κ3) is 3.79. The molecule has 1 aromatic rings. The van der Waals surface area contributed by atoms with E-state index in [2.05, 4.69) is 10.3 Å². The normalized spacial score (nSPS) is 10.4. The van der Waals surface area contributed by atoms with E-state index in [-0.39, 0.29) is 0 Å². The second-order valence-electron chi connectivity index (χ2n) is 3.43. The Morgan fingerprint density at radius 3 is 2.79 bits per heavy atom. The van der Waals surface area contributed by atoms with Gasteiger partial charge in [-0.15, -0.1) is 0 Å². The number of aromatic nitrogens is 2. The third-order valence-corrected chi connectivity index (χ3v) is 2.19. The number of imidazole rings is 1. The van der Waals surface area contributed by atoms with Crippen LogP contribution in [0.3, 0.4) is 0 Å². The Kier molecular flexibility index (Phi) is 5.07. The van der Waals surface area contributed by atoms with Gasteiger partial charge in [0.25, 0.3) is 0 Å². The van der Waals surface area contributed by atoms with Gasteiger partial charge in [-0.05, 0) is 12.8 Å². The third-order valence-electron chi connectivity index (χ3n) is 2.19. The highest BCUT2D eigenvalue weighted by molar-refractivity contribution is 5.24. The molecule has 0 saturated heterocycles. The molecule has 14 heavy (non-hydrogen) atoms. The number of anilines is 1. The van der Waals surface area contributed by atoms with Gasteiger partial charge in [0, 0.05) is 32.6 Å². The summed E-state index contributed by atoms with van der Waals surface area (Å²) in [5, 5.41) is 11.8. The number of nitrogens with one attached hydrogen (secondary N) is 1. The minimum atomic E-state index is 0.312. The fourth-order valence-electron chi connectivity index (χ4n) is 1.33. The first-order chi connectivity index (χ1) is 6.84. The van der Waals surface area contributed by atoms with Crippen LogP contribution < -0.4 is 5.32 Å². The zero-order chi connectivity index (χ0) is 10.2. The van der Waals surface area contributed by atoms with Gasteiger partial charge in [-0.25, -0.2) is 4.98 Å². The van der Waals surface area contributed by atoms with Crippen LogP contribution in [0.15, 0.2) is 12.4 Å². The number of aliphatic hydroxyl groups is 1. The maximum atomic E-state index is 8.58. The quantitative estimate of drug-likeness (QED) is 0.649. The number of nitrogens with zero attached hydrogens (tertiary/aromatic N) is 2. The predicted molar refractivity (Wildman–Crippen MR) is 57.3 cm³/mol. The van der Waals surface area contributed by atoms with Crippen LogP contribution >= 0.6 is 0 Å². The Morgan fingerprint density at radius 1 is 1.36 bits per heavy atom. The number of aryl methyl sites for hydroxylation is 1. The molecule has 0 unspecified atom stereocenters. The molecule has 0 aliphatic carbocycles. The molecular weight excluding hydrogens is 178 g/mol. The smallest absolute Gasteiger partial charge is 0.202 e. The van der Waals surface area contributed by atoms with Gasteiger partial charge in [0.15, 0.2) is 0 Å². The first kappa shape index (κ1) is 11.0. The van der Waals surface area contributed by atoms with Crippen molar-refractivity contribution in [2.24, 2.45) is 7.05 Å². The van der Waals surface area contributed by atoms with Crippen LogP contribution in [0.4, 0.5) is 5.95 Å². The summed E-state index contributed by atoms with van der Waals surface area (Å²) >= 11 is 0. The van der Waals surface area contributed by atoms with Crippen LogP contribution in [0, 0.1) is 0 Å². The van der Waals surface area contributed by atoms with Crippen LogP contribution in [0.1, 0.15) is 25.7 Å². The molecule has 4 nitrogen and oxygen atoms in total. The lowest BCUT2D eigenvalue weighted by Crippen LogP contribution is -2.06. The molecule has 2 N–H and O–H groups in total. The summed E-state index contributed by atoms with van der Waals surface area (Å²) in [6.45, 7) is 1.27. The van der Waals surface area contributed by atoms with Crippen molar-refractivity contribution in [3.63, 3.8) is 0 Å². The second-order valence-corrected chi connectivity index (χ2v) is 3.43. The monoisotopic (exact) mass is 197 g/mol. The lowest BCUT2D eigenvalue weighted by molar-refractivity contribution is 0.283. The van der Waals surface area contributed by atoms with E-state index in [4.69, 9.17) is 5.11 Å². The summed E-state index contributed by atoms with van der Waals surface area (Å²) in [6.07, 6.45) is 8.04. The molecule has 0 radical (unpaired) electrons. The van der Waals surface area contributed by atoms with Gasteiger partial charge in [-0.1, -0.05) is 12.8 Å². The summed E-state index contributed by atoms with van der Waals surface area (Å²) in [7, 11) is 1.97. The summed E-state index contributed by atoms with van der Waals surface area (Å²) in [5.74, 6) is 0.923. The van der Waals surface area contributed by atoms with Crippen molar-refractivity contribution in [2.75, 3.05) is 18.5 Å². The minimum absolute atomic E-state index is 0.312. The molecular formula is C10H19N3O. The highest BCUT2D eigenvalue weighted by Gasteiger charge is 1.96. The van der Waals surface area contributed by atoms with Gasteiger partial charge in [-0.2, -0.15) is 0 Å². The van der Waals surface area contributed by atoms with Crippen molar-refractivity contribution < 1.29 is 5.11 Å². The number of aliphatic hydroxyl groups excluding tert-OH is 1. The maximum Gasteiger partial charge on any atom is 0.202 e. The van der Waals surface area contributed by atoms with E-state index in [9.17, 15) is 0 Å². The molecule has 1 rings (SSSR count). The average molecular weight is 197 g/mol. The van der Waals surface area contributed by atoms with Crippen LogP contribution in [0.5, 0.6) is 0 Å². The molecule has 0 fully saturated rings. The van der Waals surface area contributed by atoms with E-state index in [0.717, 1.165) is 38.2 Å². The molecule has 0 saturated carbocycles. The molecule has 0 bridgehead atoms. The highest BCUT2D eigenvalue weighted by atomic mass is 16.2. The number of unbranched alkanes of at least 4 members (excludes halogenated alkanes) is 3. The first-order valence-corrected chi connectivity index (χ1v) is 5.16. The standard InChI is InChI=1S/C10H19N3O/c1-13-8-7-12-10(13)11-6-4-2-3-5-9-14/h7-8,14H,2-6,9H2,1H3,(H,11,12). The molecule has 0 spiro atoms. The molecule has 80 valence electrons.